The van der Waals surface area contributed by atoms with Crippen molar-refractivity contribution in [2.45, 2.75) is 66.2 Å². The van der Waals surface area contributed by atoms with Crippen LogP contribution in [0.3, 0.4) is 0 Å². The first-order valence-electron chi connectivity index (χ1n) is 13.3. The van der Waals surface area contributed by atoms with Crippen molar-refractivity contribution >= 4 is 22.8 Å². The highest BCUT2D eigenvalue weighted by Crippen LogP contribution is 2.30. The molecule has 3 aromatic carbocycles. The van der Waals surface area contributed by atoms with Crippen LogP contribution >= 0.6 is 0 Å². The van der Waals surface area contributed by atoms with Crippen LogP contribution in [0.4, 0.5) is 8.78 Å². The van der Waals surface area contributed by atoms with Crippen molar-refractivity contribution in [3.8, 4) is 5.75 Å². The molecule has 0 bridgehead atoms. The van der Waals surface area contributed by atoms with E-state index in [4.69, 9.17) is 9.84 Å². The molecule has 1 heterocycles. The fourth-order valence-corrected chi connectivity index (χ4v) is 4.74. The van der Waals surface area contributed by atoms with E-state index in [2.05, 4.69) is 31.3 Å². The number of hydrogen-bond acceptors (Lipinski definition) is 3. The number of benzene rings is 3. The van der Waals surface area contributed by atoms with Gasteiger partial charge in [0.05, 0.1) is 12.6 Å². The SMILES string of the molecule is Cc1c(C)n(Cc2ccc(OC(C)C(=O)O)c(F)c2F)c2ccc(C(=O)NC(C)c3cccc(C(C)C)c3)cc12. The summed E-state index contributed by atoms with van der Waals surface area (Å²) in [4.78, 5) is 24.2. The number of hydrogen-bond donors (Lipinski definition) is 2. The molecule has 0 fully saturated rings. The Morgan fingerprint density at radius 1 is 0.950 bits per heavy atom. The molecule has 2 N–H and O–H groups in total. The Bertz CT molecular complexity index is 1590. The van der Waals surface area contributed by atoms with Crippen molar-refractivity contribution in [1.82, 2.24) is 9.88 Å². The predicted molar refractivity (Wildman–Crippen MR) is 151 cm³/mol. The quantitative estimate of drug-likeness (QED) is 0.235. The van der Waals surface area contributed by atoms with E-state index >= 15 is 0 Å². The summed E-state index contributed by atoms with van der Waals surface area (Å²) >= 11 is 0. The number of fused-ring (bicyclic) bond motifs is 1. The highest BCUT2D eigenvalue weighted by molar-refractivity contribution is 5.99. The molecule has 0 aliphatic rings. The van der Waals surface area contributed by atoms with Crippen LogP contribution in [0.2, 0.25) is 0 Å². The first kappa shape index (κ1) is 28.8. The number of amides is 1. The van der Waals surface area contributed by atoms with Gasteiger partial charge in [0.2, 0.25) is 5.82 Å². The van der Waals surface area contributed by atoms with Gasteiger partial charge in [-0.2, -0.15) is 4.39 Å². The van der Waals surface area contributed by atoms with Gasteiger partial charge in [-0.15, -0.1) is 0 Å². The van der Waals surface area contributed by atoms with Crippen LogP contribution in [0, 0.1) is 25.5 Å². The molecular weight excluding hydrogens is 514 g/mol. The van der Waals surface area contributed by atoms with Crippen LogP contribution in [0.1, 0.15) is 78.0 Å². The number of carboxylic acids is 1. The van der Waals surface area contributed by atoms with Crippen molar-refractivity contribution in [2.24, 2.45) is 0 Å². The number of aromatic nitrogens is 1. The number of aryl methyl sites for hydroxylation is 1. The second-order valence-corrected chi connectivity index (χ2v) is 10.5. The van der Waals surface area contributed by atoms with Crippen LogP contribution in [-0.2, 0) is 11.3 Å². The molecule has 40 heavy (non-hydrogen) atoms. The van der Waals surface area contributed by atoms with Crippen molar-refractivity contribution in [3.63, 3.8) is 0 Å². The van der Waals surface area contributed by atoms with E-state index in [0.717, 1.165) is 27.7 Å². The maximum Gasteiger partial charge on any atom is 0.344 e. The number of nitrogens with one attached hydrogen (secondary N) is 1. The number of carbonyl (C=O) groups excluding carboxylic acids is 1. The summed E-state index contributed by atoms with van der Waals surface area (Å²) in [7, 11) is 0. The van der Waals surface area contributed by atoms with Gasteiger partial charge in [0.1, 0.15) is 0 Å². The minimum atomic E-state index is -1.32. The normalized spacial score (nSPS) is 12.9. The fourth-order valence-electron chi connectivity index (χ4n) is 4.74. The van der Waals surface area contributed by atoms with Gasteiger partial charge < -0.3 is 19.7 Å². The zero-order valence-corrected chi connectivity index (χ0v) is 23.5. The molecule has 1 amide bonds. The summed E-state index contributed by atoms with van der Waals surface area (Å²) in [6.07, 6.45) is -1.32. The average molecular weight is 549 g/mol. The third-order valence-electron chi connectivity index (χ3n) is 7.43. The molecule has 2 atom stereocenters. The average Bonchev–Trinajstić information content (AvgIpc) is 3.16. The maximum atomic E-state index is 15.0. The topological polar surface area (TPSA) is 80.6 Å². The molecule has 8 heteroatoms. The standard InChI is InChI=1S/C32H34F2N2O4/c1-17(2)22-8-7-9-23(14-22)19(4)35-31(37)24-10-12-27-26(15-24)18(3)20(5)36(27)16-25-11-13-28(30(34)29(25)33)40-21(6)32(38)39/h7-15,17,19,21H,16H2,1-6H3,(H,35,37)(H,38,39). The van der Waals surface area contributed by atoms with E-state index in [1.165, 1.54) is 24.6 Å². The van der Waals surface area contributed by atoms with Gasteiger partial charge in [-0.25, -0.2) is 9.18 Å². The number of nitrogens with zero attached hydrogens (tertiary/aromatic N) is 1. The molecule has 1 aromatic heterocycles. The minimum absolute atomic E-state index is 0.0441. The van der Waals surface area contributed by atoms with Crippen LogP contribution in [0.15, 0.2) is 54.6 Å². The van der Waals surface area contributed by atoms with Crippen LogP contribution in [-0.4, -0.2) is 27.7 Å². The van der Waals surface area contributed by atoms with E-state index < -0.39 is 29.5 Å². The molecule has 0 saturated heterocycles. The summed E-state index contributed by atoms with van der Waals surface area (Å²) in [6, 6.07) is 16.0. The summed E-state index contributed by atoms with van der Waals surface area (Å²) in [5, 5.41) is 12.9. The zero-order valence-electron chi connectivity index (χ0n) is 23.5. The maximum absolute atomic E-state index is 15.0. The molecule has 2 unspecified atom stereocenters. The first-order valence-corrected chi connectivity index (χ1v) is 13.3. The number of ether oxygens (including phenoxy) is 1. The summed E-state index contributed by atoms with van der Waals surface area (Å²) in [6.45, 7) is 11.3. The molecule has 0 aliphatic carbocycles. The lowest BCUT2D eigenvalue weighted by Crippen LogP contribution is -2.26. The molecule has 6 nitrogen and oxygen atoms in total. The lowest BCUT2D eigenvalue weighted by molar-refractivity contribution is -0.144. The Labute approximate surface area is 232 Å². The Morgan fingerprint density at radius 2 is 1.65 bits per heavy atom. The summed E-state index contributed by atoms with van der Waals surface area (Å²) in [5.41, 5.74) is 5.40. The largest absolute Gasteiger partial charge is 0.479 e. The highest BCUT2D eigenvalue weighted by atomic mass is 19.2. The fraction of sp³-hybridized carbons (Fsp3) is 0.312. The van der Waals surface area contributed by atoms with E-state index in [1.807, 2.05) is 49.6 Å². The third kappa shape index (κ3) is 5.71. The van der Waals surface area contributed by atoms with Crippen molar-refractivity contribution < 1.29 is 28.2 Å². The lowest BCUT2D eigenvalue weighted by atomic mass is 9.98. The van der Waals surface area contributed by atoms with Gasteiger partial charge in [-0.3, -0.25) is 4.79 Å². The first-order chi connectivity index (χ1) is 18.9. The van der Waals surface area contributed by atoms with Gasteiger partial charge in [0, 0.05) is 27.7 Å². The van der Waals surface area contributed by atoms with Gasteiger partial charge in [-0.05, 0) is 74.6 Å². The molecule has 0 aliphatic heterocycles. The summed E-state index contributed by atoms with van der Waals surface area (Å²) in [5.74, 6) is -3.88. The highest BCUT2D eigenvalue weighted by Gasteiger charge is 2.21. The third-order valence-corrected chi connectivity index (χ3v) is 7.43. The molecule has 210 valence electrons. The summed E-state index contributed by atoms with van der Waals surface area (Å²) < 4.78 is 36.6. The number of rotatable bonds is 9. The van der Waals surface area contributed by atoms with Crippen molar-refractivity contribution in [2.75, 3.05) is 0 Å². The molecule has 4 rings (SSSR count). The minimum Gasteiger partial charge on any atom is -0.479 e. The number of halogens is 2. The van der Waals surface area contributed by atoms with E-state index in [9.17, 15) is 18.4 Å². The number of carboxylic acid groups (broad SMARTS) is 1. The Kier molecular flexibility index (Phi) is 8.28. The van der Waals surface area contributed by atoms with Crippen LogP contribution in [0.5, 0.6) is 5.75 Å². The molecule has 0 radical (unpaired) electrons. The van der Waals surface area contributed by atoms with E-state index in [-0.39, 0.29) is 24.1 Å². The van der Waals surface area contributed by atoms with Crippen molar-refractivity contribution in [1.29, 1.82) is 0 Å². The molecule has 0 spiro atoms. The second-order valence-electron chi connectivity index (χ2n) is 10.5. The van der Waals surface area contributed by atoms with Crippen LogP contribution < -0.4 is 10.1 Å². The van der Waals surface area contributed by atoms with Gasteiger partial charge in [0.25, 0.3) is 5.91 Å². The van der Waals surface area contributed by atoms with Gasteiger partial charge in [-0.1, -0.05) is 44.2 Å². The predicted octanol–water partition coefficient (Wildman–Crippen LogP) is 7.05. The lowest BCUT2D eigenvalue weighted by Gasteiger charge is -2.17. The smallest absolute Gasteiger partial charge is 0.344 e. The van der Waals surface area contributed by atoms with E-state index in [1.54, 1.807) is 6.07 Å². The monoisotopic (exact) mass is 548 g/mol. The Hall–Kier alpha value is -4.20. The number of aliphatic carboxylic acids is 1. The Balaban J connectivity index is 1.59. The van der Waals surface area contributed by atoms with Crippen LogP contribution in [0.25, 0.3) is 10.9 Å². The number of carbonyl (C=O) groups is 2. The van der Waals surface area contributed by atoms with E-state index in [0.29, 0.717) is 11.5 Å². The molecular formula is C32H34F2N2O4. The van der Waals surface area contributed by atoms with Gasteiger partial charge >= 0.3 is 5.97 Å². The molecule has 4 aromatic rings. The molecule has 0 saturated carbocycles. The second kappa shape index (κ2) is 11.5. The zero-order chi connectivity index (χ0) is 29.3. The van der Waals surface area contributed by atoms with Crippen molar-refractivity contribution in [3.05, 3.63) is 99.7 Å². The Morgan fingerprint density at radius 3 is 2.33 bits per heavy atom. The van der Waals surface area contributed by atoms with Gasteiger partial charge in [0.15, 0.2) is 17.7 Å².